The van der Waals surface area contributed by atoms with Crippen LogP contribution in [0.5, 0.6) is 0 Å². The van der Waals surface area contributed by atoms with Gasteiger partial charge in [0.05, 0.1) is 0 Å². The number of aromatic amines is 1. The van der Waals surface area contributed by atoms with Crippen LogP contribution in [0, 0.1) is 0 Å². The molecular formula is C17H13NO2. The molecular weight excluding hydrogens is 250 g/mol. The fraction of sp³-hybridized carbons (Fsp3) is 0.118. The number of carbonyl (C=O) groups is 1. The van der Waals surface area contributed by atoms with Gasteiger partial charge in [0, 0.05) is 22.7 Å². The minimum Gasteiger partial charge on any atom is -0.360 e. The van der Waals surface area contributed by atoms with E-state index >= 15 is 0 Å². The summed E-state index contributed by atoms with van der Waals surface area (Å²) in [4.78, 5) is 15.7. The number of ether oxygens (including phenoxy) is 1. The first kappa shape index (κ1) is 11.4. The SMILES string of the molecule is O=C(c1c[nH]c2ccccc12)[C@@H]1O[C@@H]1c1ccccc1. The fourth-order valence-electron chi connectivity index (χ4n) is 2.64. The van der Waals surface area contributed by atoms with Crippen LogP contribution in [0.3, 0.4) is 0 Å². The van der Waals surface area contributed by atoms with Crippen LogP contribution in [0.25, 0.3) is 10.9 Å². The van der Waals surface area contributed by atoms with Crippen molar-refractivity contribution in [3.63, 3.8) is 0 Å². The van der Waals surface area contributed by atoms with Gasteiger partial charge in [0.2, 0.25) is 0 Å². The van der Waals surface area contributed by atoms with Crippen LogP contribution >= 0.6 is 0 Å². The van der Waals surface area contributed by atoms with Crippen molar-refractivity contribution >= 4 is 16.7 Å². The maximum atomic E-state index is 12.5. The predicted octanol–water partition coefficient (Wildman–Crippen LogP) is 3.49. The lowest BCUT2D eigenvalue weighted by Crippen LogP contribution is -2.07. The van der Waals surface area contributed by atoms with Crippen molar-refractivity contribution in [2.45, 2.75) is 12.2 Å². The summed E-state index contributed by atoms with van der Waals surface area (Å²) in [5.41, 5.74) is 2.75. The van der Waals surface area contributed by atoms with Gasteiger partial charge in [0.15, 0.2) is 11.9 Å². The van der Waals surface area contributed by atoms with E-state index in [9.17, 15) is 4.79 Å². The lowest BCUT2D eigenvalue weighted by atomic mass is 10.0. The molecule has 2 aromatic carbocycles. The van der Waals surface area contributed by atoms with Crippen molar-refractivity contribution in [3.05, 3.63) is 71.9 Å². The van der Waals surface area contributed by atoms with Gasteiger partial charge in [0.1, 0.15) is 6.10 Å². The highest BCUT2D eigenvalue weighted by Crippen LogP contribution is 2.41. The van der Waals surface area contributed by atoms with E-state index in [-0.39, 0.29) is 18.0 Å². The van der Waals surface area contributed by atoms with Crippen molar-refractivity contribution < 1.29 is 9.53 Å². The van der Waals surface area contributed by atoms with Gasteiger partial charge < -0.3 is 9.72 Å². The Hall–Kier alpha value is -2.39. The van der Waals surface area contributed by atoms with Crippen LogP contribution in [0.2, 0.25) is 0 Å². The molecule has 1 aromatic heterocycles. The van der Waals surface area contributed by atoms with Gasteiger partial charge in [0.25, 0.3) is 0 Å². The van der Waals surface area contributed by atoms with Crippen LogP contribution in [0.4, 0.5) is 0 Å². The molecule has 0 spiro atoms. The second-order valence-electron chi connectivity index (χ2n) is 5.00. The Morgan fingerprint density at radius 2 is 1.75 bits per heavy atom. The summed E-state index contributed by atoms with van der Waals surface area (Å²) in [6.07, 6.45) is 1.32. The average Bonchev–Trinajstić information content (AvgIpc) is 3.20. The van der Waals surface area contributed by atoms with Gasteiger partial charge in [-0.05, 0) is 11.6 Å². The zero-order chi connectivity index (χ0) is 13.5. The van der Waals surface area contributed by atoms with Gasteiger partial charge in [-0.1, -0.05) is 48.5 Å². The third-order valence-corrected chi connectivity index (χ3v) is 3.73. The summed E-state index contributed by atoms with van der Waals surface area (Å²) in [6.45, 7) is 0. The van der Waals surface area contributed by atoms with Crippen LogP contribution in [-0.4, -0.2) is 16.9 Å². The van der Waals surface area contributed by atoms with Crippen LogP contribution in [0.15, 0.2) is 60.8 Å². The number of epoxide rings is 1. The third kappa shape index (κ3) is 1.75. The number of para-hydroxylation sites is 1. The van der Waals surface area contributed by atoms with E-state index in [4.69, 9.17) is 4.74 Å². The number of hydrogen-bond donors (Lipinski definition) is 1. The van der Waals surface area contributed by atoms with E-state index in [2.05, 4.69) is 4.98 Å². The number of fused-ring (bicyclic) bond motifs is 1. The highest BCUT2D eigenvalue weighted by molar-refractivity contribution is 6.11. The molecule has 0 aliphatic carbocycles. The van der Waals surface area contributed by atoms with Crippen molar-refractivity contribution in [3.8, 4) is 0 Å². The molecule has 20 heavy (non-hydrogen) atoms. The molecule has 1 aliphatic heterocycles. The number of aromatic nitrogens is 1. The Bertz CT molecular complexity index is 776. The molecule has 3 nitrogen and oxygen atoms in total. The molecule has 98 valence electrons. The number of ketones is 1. The minimum absolute atomic E-state index is 0.0521. The molecule has 2 atom stereocenters. The maximum absolute atomic E-state index is 12.5. The van der Waals surface area contributed by atoms with Crippen molar-refractivity contribution in [1.82, 2.24) is 4.98 Å². The number of rotatable bonds is 3. The molecule has 0 bridgehead atoms. The molecule has 1 fully saturated rings. The number of hydrogen-bond acceptors (Lipinski definition) is 2. The minimum atomic E-state index is -0.350. The lowest BCUT2D eigenvalue weighted by molar-refractivity contribution is 0.0955. The van der Waals surface area contributed by atoms with E-state index in [1.54, 1.807) is 6.20 Å². The fourth-order valence-corrected chi connectivity index (χ4v) is 2.64. The van der Waals surface area contributed by atoms with E-state index in [0.717, 1.165) is 16.5 Å². The van der Waals surface area contributed by atoms with Gasteiger partial charge >= 0.3 is 0 Å². The summed E-state index contributed by atoms with van der Waals surface area (Å²) < 4.78 is 5.57. The Morgan fingerprint density at radius 3 is 2.60 bits per heavy atom. The molecule has 0 unspecified atom stereocenters. The topological polar surface area (TPSA) is 45.4 Å². The second kappa shape index (κ2) is 4.32. The number of Topliss-reactive ketones (excluding diaryl/α,β-unsaturated/α-hetero) is 1. The smallest absolute Gasteiger partial charge is 0.196 e. The van der Waals surface area contributed by atoms with Crippen LogP contribution < -0.4 is 0 Å². The molecule has 1 aliphatic rings. The molecule has 0 amide bonds. The largest absolute Gasteiger partial charge is 0.360 e. The Balaban J connectivity index is 1.63. The van der Waals surface area contributed by atoms with Gasteiger partial charge in [-0.3, -0.25) is 4.79 Å². The molecule has 4 rings (SSSR count). The van der Waals surface area contributed by atoms with Crippen molar-refractivity contribution in [2.24, 2.45) is 0 Å². The maximum Gasteiger partial charge on any atom is 0.196 e. The summed E-state index contributed by atoms with van der Waals surface area (Å²) >= 11 is 0. The predicted molar refractivity (Wildman–Crippen MR) is 76.7 cm³/mol. The lowest BCUT2D eigenvalue weighted by Gasteiger charge is -1.96. The number of benzene rings is 2. The molecule has 3 aromatic rings. The Labute approximate surface area is 116 Å². The zero-order valence-corrected chi connectivity index (χ0v) is 10.7. The number of H-pyrrole nitrogens is 1. The van der Waals surface area contributed by atoms with Crippen molar-refractivity contribution in [2.75, 3.05) is 0 Å². The summed E-state index contributed by atoms with van der Waals surface area (Å²) in [6, 6.07) is 17.7. The van der Waals surface area contributed by atoms with E-state index < -0.39 is 0 Å². The van der Waals surface area contributed by atoms with Gasteiger partial charge in [-0.2, -0.15) is 0 Å². The number of nitrogens with one attached hydrogen (secondary N) is 1. The van der Waals surface area contributed by atoms with E-state index in [1.807, 2.05) is 54.6 Å². The van der Waals surface area contributed by atoms with Crippen molar-refractivity contribution in [1.29, 1.82) is 0 Å². The molecule has 1 N–H and O–H groups in total. The first-order chi connectivity index (χ1) is 9.84. The van der Waals surface area contributed by atoms with E-state index in [1.165, 1.54) is 0 Å². The van der Waals surface area contributed by atoms with E-state index in [0.29, 0.717) is 5.56 Å². The molecule has 0 radical (unpaired) electrons. The zero-order valence-electron chi connectivity index (χ0n) is 10.7. The second-order valence-corrected chi connectivity index (χ2v) is 5.00. The summed E-state index contributed by atoms with van der Waals surface area (Å²) in [5, 5.41) is 0.958. The summed E-state index contributed by atoms with van der Waals surface area (Å²) in [5.74, 6) is 0.0521. The standard InChI is InChI=1S/C17H13NO2/c19-15(13-10-18-14-9-5-4-8-12(13)14)17-16(20-17)11-6-2-1-3-7-11/h1-10,16-18H/t16-,17+/m1/s1. The molecule has 0 saturated carbocycles. The third-order valence-electron chi connectivity index (χ3n) is 3.73. The highest BCUT2D eigenvalue weighted by Gasteiger charge is 2.46. The molecule has 2 heterocycles. The van der Waals surface area contributed by atoms with Crippen LogP contribution in [-0.2, 0) is 4.74 Å². The summed E-state index contributed by atoms with van der Waals surface area (Å²) in [7, 11) is 0. The quantitative estimate of drug-likeness (QED) is 0.580. The highest BCUT2D eigenvalue weighted by atomic mass is 16.6. The molecule has 3 heteroatoms. The Morgan fingerprint density at radius 1 is 1.00 bits per heavy atom. The normalized spacial score (nSPS) is 21.0. The van der Waals surface area contributed by atoms with Gasteiger partial charge in [-0.15, -0.1) is 0 Å². The average molecular weight is 263 g/mol. The first-order valence-corrected chi connectivity index (χ1v) is 6.65. The molecule has 1 saturated heterocycles. The van der Waals surface area contributed by atoms with Crippen LogP contribution in [0.1, 0.15) is 22.0 Å². The number of carbonyl (C=O) groups excluding carboxylic acids is 1. The monoisotopic (exact) mass is 263 g/mol. The van der Waals surface area contributed by atoms with Gasteiger partial charge in [-0.25, -0.2) is 0 Å². The Kier molecular flexibility index (Phi) is 2.47. The first-order valence-electron chi connectivity index (χ1n) is 6.65.